The van der Waals surface area contributed by atoms with Gasteiger partial charge in [-0.25, -0.2) is 13.2 Å². The monoisotopic (exact) mass is 549 g/mol. The highest BCUT2D eigenvalue weighted by Crippen LogP contribution is 2.61. The molecule has 3 atom stereocenters. The van der Waals surface area contributed by atoms with Gasteiger partial charge in [0.15, 0.2) is 11.6 Å². The summed E-state index contributed by atoms with van der Waals surface area (Å²) in [4.78, 5) is 15.8. The van der Waals surface area contributed by atoms with Crippen molar-refractivity contribution in [2.24, 2.45) is 11.3 Å². The van der Waals surface area contributed by atoms with Gasteiger partial charge in [-0.15, -0.1) is 0 Å². The molecule has 4 nitrogen and oxygen atoms in total. The van der Waals surface area contributed by atoms with E-state index in [9.17, 15) is 14.3 Å². The molecule has 0 radical (unpaired) electrons. The SMILES string of the molecule is Cc1cc(-c2cc(F)c(COc3ccc4c(c3F)[C@]3(CCC4)C[C@H]3C(=O)O)cc2[C@H]2CCCC2(C)C)c(F)cn1. The number of benzene rings is 2. The number of carbonyl (C=O) groups is 1. The first-order valence-corrected chi connectivity index (χ1v) is 14.1. The van der Waals surface area contributed by atoms with Crippen molar-refractivity contribution in [3.63, 3.8) is 0 Å². The molecule has 1 aromatic heterocycles. The van der Waals surface area contributed by atoms with E-state index < -0.39 is 34.8 Å². The van der Waals surface area contributed by atoms with Gasteiger partial charge >= 0.3 is 5.97 Å². The summed E-state index contributed by atoms with van der Waals surface area (Å²) >= 11 is 0. The summed E-state index contributed by atoms with van der Waals surface area (Å²) in [6, 6.07) is 8.16. The maximum Gasteiger partial charge on any atom is 0.307 e. The van der Waals surface area contributed by atoms with E-state index in [1.54, 1.807) is 25.1 Å². The highest BCUT2D eigenvalue weighted by atomic mass is 19.1. The van der Waals surface area contributed by atoms with Gasteiger partial charge < -0.3 is 9.84 Å². The first kappa shape index (κ1) is 26.9. The molecule has 3 aromatic rings. The van der Waals surface area contributed by atoms with Gasteiger partial charge in [-0.2, -0.15) is 0 Å². The Morgan fingerprint density at radius 2 is 1.88 bits per heavy atom. The fraction of sp³-hybridized carbons (Fsp3) is 0.455. The number of ether oxygens (including phenoxy) is 1. The van der Waals surface area contributed by atoms with Crippen LogP contribution in [0.5, 0.6) is 5.75 Å². The lowest BCUT2D eigenvalue weighted by molar-refractivity contribution is -0.139. The maximum atomic E-state index is 15.9. The number of aliphatic carboxylic acids is 1. The van der Waals surface area contributed by atoms with E-state index in [1.165, 1.54) is 12.3 Å². The molecule has 0 aliphatic heterocycles. The number of aryl methyl sites for hydroxylation is 2. The van der Waals surface area contributed by atoms with Crippen molar-refractivity contribution in [2.45, 2.75) is 83.7 Å². The van der Waals surface area contributed by atoms with Gasteiger partial charge in [0.05, 0.1) is 12.1 Å². The molecule has 2 aromatic carbocycles. The zero-order valence-corrected chi connectivity index (χ0v) is 23.1. The van der Waals surface area contributed by atoms with Crippen LogP contribution in [0.3, 0.4) is 0 Å². The van der Waals surface area contributed by atoms with Crippen molar-refractivity contribution in [1.82, 2.24) is 4.98 Å². The van der Waals surface area contributed by atoms with Gasteiger partial charge in [-0.05, 0) is 97.7 Å². The molecule has 7 heteroatoms. The van der Waals surface area contributed by atoms with Crippen molar-refractivity contribution in [1.29, 1.82) is 0 Å². The van der Waals surface area contributed by atoms with Crippen LogP contribution in [-0.4, -0.2) is 16.1 Å². The van der Waals surface area contributed by atoms with Gasteiger partial charge in [-0.3, -0.25) is 9.78 Å². The molecule has 0 amide bonds. The number of nitrogens with zero attached hydrogens (tertiary/aromatic N) is 1. The van der Waals surface area contributed by atoms with Crippen LogP contribution in [-0.2, 0) is 23.2 Å². The van der Waals surface area contributed by atoms with E-state index in [4.69, 9.17) is 4.74 Å². The van der Waals surface area contributed by atoms with Gasteiger partial charge in [0.1, 0.15) is 18.2 Å². The summed E-state index contributed by atoms with van der Waals surface area (Å²) in [6.07, 6.45) is 6.70. The normalized spacial score (nSPS) is 24.6. The standard InChI is InChI=1S/C33H34F3NO3/c1-18-12-23(27(35)16-37-18)21-14-26(34)20(13-22(21)24-7-5-10-32(24,2)3)17-40-28-9-8-19-6-4-11-33(29(19)30(28)36)15-25(33)31(38)39/h8-9,12-14,16,24-25H,4-7,10-11,15,17H2,1-3H3,(H,38,39)/t24-,25+,33-/m1/s1. The third kappa shape index (κ3) is 4.38. The van der Waals surface area contributed by atoms with E-state index in [-0.39, 0.29) is 29.3 Å². The lowest BCUT2D eigenvalue weighted by Gasteiger charge is -2.30. The summed E-state index contributed by atoms with van der Waals surface area (Å²) in [7, 11) is 0. The number of fused-ring (bicyclic) bond motifs is 2. The van der Waals surface area contributed by atoms with Crippen molar-refractivity contribution in [2.75, 3.05) is 0 Å². The fourth-order valence-electron chi connectivity index (χ4n) is 7.43. The smallest absolute Gasteiger partial charge is 0.307 e. The predicted molar refractivity (Wildman–Crippen MR) is 146 cm³/mol. The summed E-state index contributed by atoms with van der Waals surface area (Å²) in [5.41, 5.74) is 3.17. The van der Waals surface area contributed by atoms with E-state index in [0.717, 1.165) is 36.8 Å². The van der Waals surface area contributed by atoms with Crippen molar-refractivity contribution < 1.29 is 27.8 Å². The van der Waals surface area contributed by atoms with Gasteiger partial charge in [-0.1, -0.05) is 26.3 Å². The third-order valence-corrected chi connectivity index (χ3v) is 9.65. The zero-order valence-electron chi connectivity index (χ0n) is 23.1. The minimum atomic E-state index is -0.899. The molecule has 1 N–H and O–H groups in total. The quantitative estimate of drug-likeness (QED) is 0.338. The number of halogens is 3. The average molecular weight is 550 g/mol. The number of carboxylic acids is 1. The molecule has 3 aliphatic rings. The molecule has 1 heterocycles. The van der Waals surface area contributed by atoms with E-state index in [2.05, 4.69) is 18.8 Å². The fourth-order valence-corrected chi connectivity index (χ4v) is 7.43. The Labute approximate surface area is 232 Å². The van der Waals surface area contributed by atoms with Crippen molar-refractivity contribution in [3.05, 3.63) is 81.9 Å². The molecule has 2 fully saturated rings. The second-order valence-corrected chi connectivity index (χ2v) is 12.6. The molecular weight excluding hydrogens is 515 g/mol. The molecule has 40 heavy (non-hydrogen) atoms. The van der Waals surface area contributed by atoms with Gasteiger partial charge in [0.2, 0.25) is 0 Å². The Bertz CT molecular complexity index is 1520. The zero-order chi connectivity index (χ0) is 28.4. The Balaban J connectivity index is 1.36. The van der Waals surface area contributed by atoms with Crippen LogP contribution in [0.25, 0.3) is 11.1 Å². The van der Waals surface area contributed by atoms with Crippen molar-refractivity contribution >= 4 is 5.97 Å². The maximum absolute atomic E-state index is 15.9. The number of pyridine rings is 1. The molecule has 0 saturated heterocycles. The molecule has 2 saturated carbocycles. The summed E-state index contributed by atoms with van der Waals surface area (Å²) in [5, 5.41) is 9.61. The highest BCUT2D eigenvalue weighted by Gasteiger charge is 2.62. The average Bonchev–Trinajstić information content (AvgIpc) is 3.51. The van der Waals surface area contributed by atoms with Crippen LogP contribution < -0.4 is 4.74 Å². The molecule has 0 bridgehead atoms. The van der Waals surface area contributed by atoms with Crippen molar-refractivity contribution in [3.8, 4) is 16.9 Å². The first-order valence-electron chi connectivity index (χ1n) is 14.1. The molecule has 6 rings (SSSR count). The lowest BCUT2D eigenvalue weighted by Crippen LogP contribution is -2.23. The second kappa shape index (κ2) is 9.64. The van der Waals surface area contributed by atoms with Crippen LogP contribution in [0.2, 0.25) is 0 Å². The number of rotatable bonds is 6. The molecule has 3 aliphatic carbocycles. The number of hydrogen-bond donors (Lipinski definition) is 1. The largest absolute Gasteiger partial charge is 0.486 e. The third-order valence-electron chi connectivity index (χ3n) is 9.65. The minimum Gasteiger partial charge on any atom is -0.486 e. The van der Waals surface area contributed by atoms with Gasteiger partial charge in [0.25, 0.3) is 0 Å². The second-order valence-electron chi connectivity index (χ2n) is 12.6. The lowest BCUT2D eigenvalue weighted by atomic mass is 9.75. The Morgan fingerprint density at radius 1 is 1.07 bits per heavy atom. The Morgan fingerprint density at radius 3 is 2.58 bits per heavy atom. The number of hydrogen-bond acceptors (Lipinski definition) is 3. The van der Waals surface area contributed by atoms with Crippen LogP contribution in [0.1, 0.15) is 86.2 Å². The van der Waals surface area contributed by atoms with Crippen LogP contribution in [0, 0.1) is 35.7 Å². The van der Waals surface area contributed by atoms with E-state index in [0.29, 0.717) is 41.6 Å². The highest BCUT2D eigenvalue weighted by molar-refractivity contribution is 5.78. The van der Waals surface area contributed by atoms with Gasteiger partial charge in [0, 0.05) is 27.8 Å². The topological polar surface area (TPSA) is 59.4 Å². The first-order chi connectivity index (χ1) is 19.0. The predicted octanol–water partition coefficient (Wildman–Crippen LogP) is 8.03. The number of carboxylic acid groups (broad SMARTS) is 1. The molecule has 0 unspecified atom stereocenters. The molecule has 210 valence electrons. The Kier molecular flexibility index (Phi) is 6.47. The minimum absolute atomic E-state index is 0.00177. The van der Waals surface area contributed by atoms with Crippen LogP contribution >= 0.6 is 0 Å². The van der Waals surface area contributed by atoms with E-state index in [1.807, 2.05) is 6.07 Å². The van der Waals surface area contributed by atoms with E-state index >= 15 is 8.78 Å². The molecular formula is C33H34F3NO3. The van der Waals surface area contributed by atoms with Crippen LogP contribution in [0.4, 0.5) is 13.2 Å². The summed E-state index contributed by atoms with van der Waals surface area (Å²) in [5.74, 6) is -2.98. The molecule has 1 spiro atoms. The Hall–Kier alpha value is -3.35. The number of aromatic nitrogens is 1. The summed E-state index contributed by atoms with van der Waals surface area (Å²) in [6.45, 7) is 5.94. The van der Waals surface area contributed by atoms with Crippen LogP contribution in [0.15, 0.2) is 36.5 Å². The summed E-state index contributed by atoms with van der Waals surface area (Å²) < 4.78 is 52.3.